The van der Waals surface area contributed by atoms with Gasteiger partial charge in [0.2, 0.25) is 0 Å². The van der Waals surface area contributed by atoms with Gasteiger partial charge in [-0.2, -0.15) is 22.9 Å². The Labute approximate surface area is 373 Å². The van der Waals surface area contributed by atoms with Crippen molar-refractivity contribution in [3.05, 3.63) is 138 Å². The van der Waals surface area contributed by atoms with Crippen molar-refractivity contribution in [1.82, 2.24) is 34.9 Å². The number of ether oxygens (including phenoxy) is 2. The molecule has 11 heteroatoms. The third-order valence-corrected chi connectivity index (χ3v) is 9.80. The van der Waals surface area contributed by atoms with Crippen LogP contribution >= 0.6 is 0 Å². The first-order valence-electron chi connectivity index (χ1n) is 19.2. The molecule has 8 aromatic rings. The Morgan fingerprint density at radius 2 is 1.00 bits per heavy atom. The molecule has 0 fully saturated rings. The average molecular weight is 963 g/mol. The smallest absolute Gasteiger partial charge is 0.503 e. The zero-order valence-corrected chi connectivity index (χ0v) is 37.4. The Kier molecular flexibility index (Phi) is 13.0. The molecule has 0 N–H and O–H groups in total. The maximum atomic E-state index is 6.65. The summed E-state index contributed by atoms with van der Waals surface area (Å²) < 4.78 is 15.2. The van der Waals surface area contributed by atoms with E-state index in [0.29, 0.717) is 39.9 Å². The van der Waals surface area contributed by atoms with Gasteiger partial charge >= 0.3 is 40.8 Å². The first-order chi connectivity index (χ1) is 27.3. The van der Waals surface area contributed by atoms with Gasteiger partial charge in [0.25, 0.3) is 5.95 Å². The van der Waals surface area contributed by atoms with Gasteiger partial charge in [0.1, 0.15) is 0 Å². The van der Waals surface area contributed by atoms with Crippen molar-refractivity contribution in [3.8, 4) is 51.5 Å². The number of nitrogens with zero attached hydrogens (tertiary/aromatic N) is 7. The van der Waals surface area contributed by atoms with Crippen molar-refractivity contribution < 1.29 is 50.3 Å². The molecule has 4 aromatic heterocycles. The van der Waals surface area contributed by atoms with E-state index in [1.165, 1.54) is 0 Å². The molecular weight excluding hydrogens is 919 g/mol. The number of benzene rings is 4. The van der Waals surface area contributed by atoms with E-state index in [0.717, 1.165) is 55.5 Å². The normalized spacial score (nSPS) is 11.5. The molecule has 0 saturated carbocycles. The van der Waals surface area contributed by atoms with Crippen LogP contribution in [0, 0.1) is 38.1 Å². The maximum absolute atomic E-state index is 6.65. The van der Waals surface area contributed by atoms with Gasteiger partial charge in [-0.1, -0.05) is 118 Å². The Bertz CT molecular complexity index is 2620. The van der Waals surface area contributed by atoms with E-state index in [-0.39, 0.29) is 64.0 Å². The minimum atomic E-state index is -0.333. The average Bonchev–Trinajstić information content (AvgIpc) is 3.50. The molecule has 9 nitrogen and oxygen atoms in total. The topological polar surface area (TPSA) is 101 Å². The molecule has 0 aliphatic carbocycles. The van der Waals surface area contributed by atoms with Crippen LogP contribution in [0.3, 0.4) is 0 Å². The van der Waals surface area contributed by atoms with E-state index < -0.39 is 0 Å². The summed E-state index contributed by atoms with van der Waals surface area (Å²) in [5, 5.41) is 20.0. The Morgan fingerprint density at radius 3 is 1.39 bits per heavy atom. The minimum absolute atomic E-state index is 0. The molecule has 0 radical (unpaired) electrons. The molecule has 59 heavy (non-hydrogen) atoms. The van der Waals surface area contributed by atoms with E-state index in [1.807, 2.05) is 98.4 Å². The fraction of sp³-hybridized carbons (Fsp3) is 0.250. The number of fused-ring (bicyclic) bond motifs is 3. The first-order valence-corrected chi connectivity index (χ1v) is 19.2. The van der Waals surface area contributed by atoms with Gasteiger partial charge in [0.05, 0.1) is 0 Å². The molecule has 4 aromatic carbocycles. The predicted molar refractivity (Wildman–Crippen MR) is 223 cm³/mol. The van der Waals surface area contributed by atoms with Crippen LogP contribution in [0.2, 0.25) is 0 Å². The van der Waals surface area contributed by atoms with E-state index in [4.69, 9.17) is 9.47 Å². The summed E-state index contributed by atoms with van der Waals surface area (Å²) in [6.07, 6.45) is 3.62. The largest absolute Gasteiger partial charge is 2.00 e. The van der Waals surface area contributed by atoms with Crippen LogP contribution in [0.15, 0.2) is 85.2 Å². The molecule has 0 spiro atoms. The van der Waals surface area contributed by atoms with Gasteiger partial charge in [-0.05, 0) is 37.4 Å². The van der Waals surface area contributed by atoms with Gasteiger partial charge in [-0.25, -0.2) is 0 Å². The minimum Gasteiger partial charge on any atom is -0.503 e. The van der Waals surface area contributed by atoms with Gasteiger partial charge < -0.3 is 24.0 Å². The van der Waals surface area contributed by atoms with Crippen molar-refractivity contribution in [2.75, 3.05) is 0 Å². The molecule has 4 heterocycles. The van der Waals surface area contributed by atoms with E-state index in [2.05, 4.69) is 108 Å². The maximum Gasteiger partial charge on any atom is 2.00 e. The van der Waals surface area contributed by atoms with Crippen LogP contribution in [0.4, 0.5) is 0 Å². The fourth-order valence-electron chi connectivity index (χ4n) is 6.69. The van der Waals surface area contributed by atoms with Crippen LogP contribution in [0.1, 0.15) is 88.4 Å². The third kappa shape index (κ3) is 9.05. The SMILES string of the molecule is Cc1ccnc(-c2[c-]c(Oc3[c-]c4c(cc3)c3ccc(Oc5[c-]c(-c6cc(C)ccn6)ccc5C(C)C)[c-]c3n4-c3nnc(C(C)(C)C)nn3)c(C(C)C)cc2)c1.[Pd+2].[Pd+2]. The second kappa shape index (κ2) is 17.6. The summed E-state index contributed by atoms with van der Waals surface area (Å²) in [6, 6.07) is 38.2. The zero-order chi connectivity index (χ0) is 40.0. The number of hydrogen-bond acceptors (Lipinski definition) is 8. The van der Waals surface area contributed by atoms with E-state index >= 15 is 0 Å². The molecule has 302 valence electrons. The summed E-state index contributed by atoms with van der Waals surface area (Å²) in [5.74, 6) is 3.41. The monoisotopic (exact) mass is 961 g/mol. The molecule has 0 atom stereocenters. The van der Waals surface area contributed by atoms with Gasteiger partial charge in [-0.3, -0.25) is 0 Å². The van der Waals surface area contributed by atoms with Gasteiger partial charge in [0.15, 0.2) is 5.82 Å². The molecule has 0 unspecified atom stereocenters. The summed E-state index contributed by atoms with van der Waals surface area (Å²) in [6.45, 7) is 18.7. The summed E-state index contributed by atoms with van der Waals surface area (Å²) in [7, 11) is 0. The molecule has 0 aliphatic heterocycles. The van der Waals surface area contributed by atoms with Gasteiger partial charge in [0, 0.05) is 40.8 Å². The predicted octanol–water partition coefficient (Wildman–Crippen LogP) is 11.4. The van der Waals surface area contributed by atoms with Crippen LogP contribution in [-0.2, 0) is 46.3 Å². The quantitative estimate of drug-likeness (QED) is 0.104. The van der Waals surface area contributed by atoms with Crippen LogP contribution < -0.4 is 9.47 Å². The van der Waals surface area contributed by atoms with Crippen LogP contribution in [-0.4, -0.2) is 34.9 Å². The molecule has 0 aliphatic rings. The molecule has 0 saturated heterocycles. The van der Waals surface area contributed by atoms with Crippen molar-refractivity contribution >= 4 is 21.8 Å². The summed E-state index contributed by atoms with van der Waals surface area (Å²) >= 11 is 0. The third-order valence-electron chi connectivity index (χ3n) is 9.80. The molecule has 8 rings (SSSR count). The number of hydrogen-bond donors (Lipinski definition) is 0. The Balaban J connectivity index is 0.00000293. The summed E-state index contributed by atoms with van der Waals surface area (Å²) in [5.41, 5.74) is 8.64. The van der Waals surface area contributed by atoms with Crippen molar-refractivity contribution in [2.24, 2.45) is 0 Å². The molecule has 0 bridgehead atoms. The van der Waals surface area contributed by atoms with Gasteiger partial charge in [-0.15, -0.1) is 80.1 Å². The summed E-state index contributed by atoms with van der Waals surface area (Å²) in [4.78, 5) is 9.18. The van der Waals surface area contributed by atoms with Crippen molar-refractivity contribution in [2.45, 2.75) is 79.6 Å². The number of pyridine rings is 2. The van der Waals surface area contributed by atoms with Crippen molar-refractivity contribution in [3.63, 3.8) is 0 Å². The molecule has 0 amide bonds. The van der Waals surface area contributed by atoms with E-state index in [1.54, 1.807) is 0 Å². The fourth-order valence-corrected chi connectivity index (χ4v) is 6.69. The standard InChI is InChI=1S/C48H43N7O2.2Pd/c1-28(2)36-14-10-32(40-22-30(5)18-20-49-40)24-44(36)56-34-12-16-38-39-17-13-35(27-43(39)55(42(38)26-34)47-53-51-46(52-54-47)48(7,8)9)57-45-25-33(11-15-37(45)29(3)4)41-23-31(6)19-21-50-41;;/h10-23,28-29H,1-9H3;;/q-4;2*+2. The van der Waals surface area contributed by atoms with Crippen molar-refractivity contribution in [1.29, 1.82) is 0 Å². The van der Waals surface area contributed by atoms with E-state index in [9.17, 15) is 0 Å². The first kappa shape index (κ1) is 43.4. The second-order valence-electron chi connectivity index (χ2n) is 16.0. The number of rotatable bonds is 9. The number of aromatic nitrogens is 7. The van der Waals surface area contributed by atoms with Crippen LogP contribution in [0.25, 0.3) is 50.3 Å². The Hall–Kier alpha value is -5.16. The second-order valence-corrected chi connectivity index (χ2v) is 16.0. The Morgan fingerprint density at radius 1 is 0.559 bits per heavy atom. The van der Waals surface area contributed by atoms with Crippen LogP contribution in [0.5, 0.6) is 23.0 Å². The number of aryl methyl sites for hydroxylation is 2. The molecular formula is C48H43N7O2Pd2. The zero-order valence-electron chi connectivity index (χ0n) is 34.3.